The summed E-state index contributed by atoms with van der Waals surface area (Å²) in [7, 11) is -3.82. The molecule has 0 bridgehead atoms. The Bertz CT molecular complexity index is 1230. The zero-order valence-corrected chi connectivity index (χ0v) is 25.0. The van der Waals surface area contributed by atoms with Gasteiger partial charge in [0.2, 0.25) is 10.0 Å². The summed E-state index contributed by atoms with van der Waals surface area (Å²) in [6, 6.07) is 11.1. The van der Waals surface area contributed by atoms with E-state index in [2.05, 4.69) is 21.9 Å². The monoisotopic (exact) mass is 567 g/mol. The van der Waals surface area contributed by atoms with E-state index in [0.717, 1.165) is 18.7 Å². The Labute approximate surface area is 248 Å². The SMILES string of the molecule is CSCC[C@H](NC(=O)c1ccc(S(=O)(=O)NCCCN2CCCCC2C)cc1-c1ccccc1C)C(=O)[O-].[Li+]. The van der Waals surface area contributed by atoms with Crippen LogP contribution in [0.25, 0.3) is 11.1 Å². The number of amides is 1. The van der Waals surface area contributed by atoms with Gasteiger partial charge in [-0.25, -0.2) is 13.1 Å². The molecule has 2 atom stereocenters. The molecule has 1 aliphatic heterocycles. The Kier molecular flexibility index (Phi) is 13.6. The van der Waals surface area contributed by atoms with Crippen molar-refractivity contribution in [3.05, 3.63) is 53.6 Å². The van der Waals surface area contributed by atoms with E-state index in [4.69, 9.17) is 0 Å². The van der Waals surface area contributed by atoms with Crippen molar-refractivity contribution in [2.24, 2.45) is 0 Å². The van der Waals surface area contributed by atoms with Crippen molar-refractivity contribution in [1.82, 2.24) is 14.9 Å². The van der Waals surface area contributed by atoms with Crippen LogP contribution in [0.4, 0.5) is 0 Å². The van der Waals surface area contributed by atoms with Crippen molar-refractivity contribution < 1.29 is 42.0 Å². The Hall–Kier alpha value is -1.80. The second-order valence-electron chi connectivity index (χ2n) is 9.78. The quantitative estimate of drug-likeness (QED) is 0.255. The topological polar surface area (TPSA) is 119 Å². The number of hydrogen-bond acceptors (Lipinski definition) is 7. The van der Waals surface area contributed by atoms with Crippen LogP contribution in [0.1, 0.15) is 54.9 Å². The number of piperidine rings is 1. The number of hydrogen-bond donors (Lipinski definition) is 2. The molecule has 2 aromatic carbocycles. The summed E-state index contributed by atoms with van der Waals surface area (Å²) in [6.07, 6.45) is 6.38. The number of likely N-dealkylation sites (tertiary alicyclic amines) is 1. The normalized spacial score (nSPS) is 16.7. The number of carboxylic acids is 1. The van der Waals surface area contributed by atoms with Crippen molar-refractivity contribution in [1.29, 1.82) is 0 Å². The molecule has 1 fully saturated rings. The van der Waals surface area contributed by atoms with Crippen molar-refractivity contribution in [2.75, 3.05) is 31.6 Å². The van der Waals surface area contributed by atoms with E-state index in [9.17, 15) is 23.1 Å². The van der Waals surface area contributed by atoms with Gasteiger partial charge in [-0.05, 0) is 99.5 Å². The summed E-state index contributed by atoms with van der Waals surface area (Å²) in [5.41, 5.74) is 2.18. The van der Waals surface area contributed by atoms with E-state index in [1.807, 2.05) is 37.4 Å². The van der Waals surface area contributed by atoms with E-state index in [1.54, 1.807) is 0 Å². The number of thioether (sulfide) groups is 1. The summed E-state index contributed by atoms with van der Waals surface area (Å²) in [5, 5.41) is 14.1. The molecule has 11 heteroatoms. The molecule has 39 heavy (non-hydrogen) atoms. The van der Waals surface area contributed by atoms with Crippen LogP contribution in [-0.2, 0) is 14.8 Å². The van der Waals surface area contributed by atoms with Crippen LogP contribution in [0.2, 0.25) is 0 Å². The first-order valence-electron chi connectivity index (χ1n) is 13.1. The number of nitrogens with one attached hydrogen (secondary N) is 2. The van der Waals surface area contributed by atoms with Crippen LogP contribution in [0.5, 0.6) is 0 Å². The van der Waals surface area contributed by atoms with Crippen LogP contribution >= 0.6 is 11.8 Å². The maximum Gasteiger partial charge on any atom is 1.00 e. The number of nitrogens with zero attached hydrogens (tertiary/aromatic N) is 1. The molecule has 0 radical (unpaired) electrons. The van der Waals surface area contributed by atoms with Crippen molar-refractivity contribution >= 4 is 33.7 Å². The summed E-state index contributed by atoms with van der Waals surface area (Å²) in [4.78, 5) is 27.2. The largest absolute Gasteiger partial charge is 1.00 e. The van der Waals surface area contributed by atoms with Gasteiger partial charge in [0.25, 0.3) is 5.91 Å². The van der Waals surface area contributed by atoms with Crippen LogP contribution in [-0.4, -0.2) is 68.9 Å². The van der Waals surface area contributed by atoms with Gasteiger partial charge in [0.05, 0.1) is 16.9 Å². The molecule has 0 aromatic heterocycles. The van der Waals surface area contributed by atoms with E-state index in [1.165, 1.54) is 49.2 Å². The molecular formula is C28H38LiN3O5S2. The van der Waals surface area contributed by atoms with Gasteiger partial charge in [-0.2, -0.15) is 11.8 Å². The molecule has 0 aliphatic carbocycles. The van der Waals surface area contributed by atoms with Gasteiger partial charge in [-0.1, -0.05) is 30.7 Å². The Morgan fingerprint density at radius 3 is 2.56 bits per heavy atom. The molecule has 0 saturated carbocycles. The average molecular weight is 568 g/mol. The van der Waals surface area contributed by atoms with Gasteiger partial charge in [0.15, 0.2) is 0 Å². The van der Waals surface area contributed by atoms with Crippen LogP contribution in [0.15, 0.2) is 47.4 Å². The van der Waals surface area contributed by atoms with E-state index >= 15 is 0 Å². The molecule has 8 nitrogen and oxygen atoms in total. The van der Waals surface area contributed by atoms with Crippen LogP contribution in [0.3, 0.4) is 0 Å². The summed E-state index contributed by atoms with van der Waals surface area (Å²) in [5.74, 6) is -1.40. The van der Waals surface area contributed by atoms with Crippen LogP contribution in [0, 0.1) is 6.92 Å². The summed E-state index contributed by atoms with van der Waals surface area (Å²) in [6.45, 7) is 6.30. The van der Waals surface area contributed by atoms with Gasteiger partial charge in [-0.15, -0.1) is 0 Å². The number of carbonyl (C=O) groups is 2. The number of sulfonamides is 1. The van der Waals surface area contributed by atoms with Crippen molar-refractivity contribution in [3.63, 3.8) is 0 Å². The maximum atomic E-state index is 13.2. The zero-order valence-electron chi connectivity index (χ0n) is 23.4. The maximum absolute atomic E-state index is 13.2. The number of carbonyl (C=O) groups excluding carboxylic acids is 2. The van der Waals surface area contributed by atoms with E-state index in [-0.39, 0.29) is 35.7 Å². The third kappa shape index (κ3) is 9.37. The molecule has 1 saturated heterocycles. The summed E-state index contributed by atoms with van der Waals surface area (Å²) < 4.78 is 29.0. The van der Waals surface area contributed by atoms with Gasteiger partial charge in [0.1, 0.15) is 0 Å². The first-order valence-corrected chi connectivity index (χ1v) is 16.0. The minimum Gasteiger partial charge on any atom is -0.548 e. The predicted octanol–water partition coefficient (Wildman–Crippen LogP) is -0.190. The molecule has 3 rings (SSSR count). The fourth-order valence-corrected chi connectivity index (χ4v) is 6.34. The van der Waals surface area contributed by atoms with Crippen LogP contribution < -0.4 is 34.0 Å². The number of aliphatic carboxylic acids is 1. The molecule has 0 spiro atoms. The molecule has 1 unspecified atom stereocenters. The number of benzene rings is 2. The molecule has 2 aromatic rings. The minimum atomic E-state index is -3.82. The Balaban J connectivity index is 0.00000533. The van der Waals surface area contributed by atoms with Gasteiger partial charge >= 0.3 is 18.9 Å². The Morgan fingerprint density at radius 1 is 1.15 bits per heavy atom. The van der Waals surface area contributed by atoms with Gasteiger partial charge in [-0.3, -0.25) is 4.79 Å². The zero-order chi connectivity index (χ0) is 27.7. The molecule has 1 heterocycles. The van der Waals surface area contributed by atoms with Gasteiger partial charge < -0.3 is 20.1 Å². The first-order chi connectivity index (χ1) is 18.1. The first kappa shape index (κ1) is 33.4. The minimum absolute atomic E-state index is 0. The Morgan fingerprint density at radius 2 is 1.90 bits per heavy atom. The number of rotatable bonds is 13. The van der Waals surface area contributed by atoms with Gasteiger partial charge in [0, 0.05) is 18.2 Å². The predicted molar refractivity (Wildman–Crippen MR) is 151 cm³/mol. The van der Waals surface area contributed by atoms with E-state index in [0.29, 0.717) is 35.9 Å². The fourth-order valence-electron chi connectivity index (χ4n) is 4.77. The number of carboxylic acid groups (broad SMARTS) is 1. The second kappa shape index (κ2) is 15.8. The van der Waals surface area contributed by atoms with Crippen molar-refractivity contribution in [2.45, 2.75) is 62.9 Å². The molecule has 2 N–H and O–H groups in total. The fraction of sp³-hybridized carbons (Fsp3) is 0.500. The molecule has 1 amide bonds. The second-order valence-corrected chi connectivity index (χ2v) is 12.5. The molecular weight excluding hydrogens is 529 g/mol. The number of aryl methyl sites for hydroxylation is 1. The third-order valence-corrected chi connectivity index (χ3v) is 9.14. The van der Waals surface area contributed by atoms with Crippen molar-refractivity contribution in [3.8, 4) is 11.1 Å². The molecule has 1 aliphatic rings. The van der Waals surface area contributed by atoms with E-state index < -0.39 is 27.9 Å². The smallest absolute Gasteiger partial charge is 0.548 e. The standard InChI is InChI=1S/C28H39N3O5S2.Li/c1-20-9-4-5-11-23(20)25-19-22(12-13-24(25)27(32)30-26(28(33)34)14-18-37-3)38(35,36)29-15-8-17-31-16-7-6-10-21(31)2;/h4-5,9,11-13,19,21,26,29H,6-8,10,14-18H2,1-3H3,(H,30,32)(H,33,34);/q;+1/p-1/t21?,26-;/m0./s1. The third-order valence-electron chi connectivity index (χ3n) is 7.04. The summed E-state index contributed by atoms with van der Waals surface area (Å²) >= 11 is 1.47. The molecule has 208 valence electrons. The average Bonchev–Trinajstić information content (AvgIpc) is 2.89.